The molecule has 3 N–H and O–H groups in total. The molecule has 1 aromatic heterocycles. The molecule has 118 valence electrons. The Balaban J connectivity index is 2.25. The Labute approximate surface area is 134 Å². The molecule has 0 aliphatic heterocycles. The number of methoxy groups -OCH3 is 1. The fourth-order valence-electron chi connectivity index (χ4n) is 2.31. The molecular formula is C15H19ClN4O2. The van der Waals surface area contributed by atoms with E-state index in [-0.39, 0.29) is 11.9 Å². The third-order valence-corrected chi connectivity index (χ3v) is 3.76. The van der Waals surface area contributed by atoms with Crippen molar-refractivity contribution in [2.24, 2.45) is 7.05 Å². The maximum Gasteiger partial charge on any atom is 0.255 e. The Morgan fingerprint density at radius 2 is 2.18 bits per heavy atom. The first kappa shape index (κ1) is 16.2. The molecule has 0 bridgehead atoms. The van der Waals surface area contributed by atoms with Crippen LogP contribution in [0.1, 0.15) is 34.6 Å². The number of halogens is 1. The van der Waals surface area contributed by atoms with Gasteiger partial charge in [0.2, 0.25) is 0 Å². The maximum atomic E-state index is 12.5. The van der Waals surface area contributed by atoms with Crippen molar-refractivity contribution in [3.63, 3.8) is 0 Å². The van der Waals surface area contributed by atoms with E-state index < -0.39 is 0 Å². The summed E-state index contributed by atoms with van der Waals surface area (Å²) in [4.78, 5) is 12.5. The summed E-state index contributed by atoms with van der Waals surface area (Å²) in [5, 5.41) is 7.51. The van der Waals surface area contributed by atoms with Crippen molar-refractivity contribution in [3.05, 3.63) is 40.2 Å². The van der Waals surface area contributed by atoms with Crippen LogP contribution in [0.4, 0.5) is 5.69 Å². The predicted octanol–water partition coefficient (Wildman–Crippen LogP) is 2.46. The molecule has 1 amide bonds. The highest BCUT2D eigenvalue weighted by atomic mass is 35.5. The van der Waals surface area contributed by atoms with E-state index in [9.17, 15) is 4.79 Å². The topological polar surface area (TPSA) is 82.2 Å². The number of nitrogens with two attached hydrogens (primary N) is 1. The Bertz CT molecular complexity index is 712. The molecule has 1 aromatic carbocycles. The van der Waals surface area contributed by atoms with E-state index in [1.54, 1.807) is 4.68 Å². The van der Waals surface area contributed by atoms with Crippen molar-refractivity contribution in [2.45, 2.75) is 19.9 Å². The zero-order valence-corrected chi connectivity index (χ0v) is 13.7. The number of carbonyl (C=O) groups excluding carboxylic acids is 1. The first-order valence-electron chi connectivity index (χ1n) is 6.77. The molecule has 0 saturated carbocycles. The van der Waals surface area contributed by atoms with Gasteiger partial charge in [-0.3, -0.25) is 9.48 Å². The van der Waals surface area contributed by atoms with Gasteiger partial charge in [-0.25, -0.2) is 0 Å². The molecule has 0 radical (unpaired) electrons. The smallest absolute Gasteiger partial charge is 0.255 e. The van der Waals surface area contributed by atoms with E-state index in [4.69, 9.17) is 22.1 Å². The van der Waals surface area contributed by atoms with Gasteiger partial charge in [0, 0.05) is 24.9 Å². The summed E-state index contributed by atoms with van der Waals surface area (Å²) in [7, 11) is 3.32. The molecule has 1 heterocycles. The molecule has 2 rings (SSSR count). The summed E-state index contributed by atoms with van der Waals surface area (Å²) < 4.78 is 6.92. The average molecular weight is 323 g/mol. The van der Waals surface area contributed by atoms with Crippen molar-refractivity contribution in [1.29, 1.82) is 0 Å². The second-order valence-corrected chi connectivity index (χ2v) is 5.52. The van der Waals surface area contributed by atoms with E-state index in [1.807, 2.05) is 27.1 Å². The van der Waals surface area contributed by atoms with Gasteiger partial charge in [0.05, 0.1) is 35.1 Å². The van der Waals surface area contributed by atoms with Crippen molar-refractivity contribution < 1.29 is 9.53 Å². The number of anilines is 1. The second kappa shape index (κ2) is 6.27. The minimum atomic E-state index is -0.283. The quantitative estimate of drug-likeness (QED) is 0.847. The summed E-state index contributed by atoms with van der Waals surface area (Å²) in [5.74, 6) is 0.101. The standard InChI is InChI=1S/C15H19ClN4O2/c1-8(11-7-20(3)19-9(11)2)18-15(21)10-5-12(16)13(17)6-14(10)22-4/h5-8H,17H2,1-4H3,(H,18,21). The number of nitrogens with zero attached hydrogens (tertiary/aromatic N) is 2. The lowest BCUT2D eigenvalue weighted by Crippen LogP contribution is -2.27. The molecule has 1 atom stereocenters. The molecule has 6 nitrogen and oxygen atoms in total. The first-order chi connectivity index (χ1) is 10.3. The monoisotopic (exact) mass is 322 g/mol. The zero-order valence-electron chi connectivity index (χ0n) is 13.0. The van der Waals surface area contributed by atoms with Crippen LogP contribution in [0.3, 0.4) is 0 Å². The Kier molecular flexibility index (Phi) is 4.61. The summed E-state index contributed by atoms with van der Waals surface area (Å²) in [5.41, 5.74) is 8.26. The highest BCUT2D eigenvalue weighted by Gasteiger charge is 2.19. The van der Waals surface area contributed by atoms with Gasteiger partial charge in [0.1, 0.15) is 5.75 Å². The van der Waals surface area contributed by atoms with Crippen molar-refractivity contribution >= 4 is 23.2 Å². The fraction of sp³-hybridized carbons (Fsp3) is 0.333. The number of amides is 1. The molecule has 0 spiro atoms. The van der Waals surface area contributed by atoms with Crippen molar-refractivity contribution in [1.82, 2.24) is 15.1 Å². The lowest BCUT2D eigenvalue weighted by Gasteiger charge is -2.15. The van der Waals surface area contributed by atoms with Crippen LogP contribution in [0.15, 0.2) is 18.3 Å². The van der Waals surface area contributed by atoms with Gasteiger partial charge >= 0.3 is 0 Å². The predicted molar refractivity (Wildman–Crippen MR) is 86.2 cm³/mol. The zero-order chi connectivity index (χ0) is 16.4. The Morgan fingerprint density at radius 3 is 2.73 bits per heavy atom. The lowest BCUT2D eigenvalue weighted by molar-refractivity contribution is 0.0937. The maximum absolute atomic E-state index is 12.5. The van der Waals surface area contributed by atoms with Gasteiger partial charge in [0.25, 0.3) is 5.91 Å². The molecule has 22 heavy (non-hydrogen) atoms. The molecule has 2 aromatic rings. The average Bonchev–Trinajstić information content (AvgIpc) is 2.80. The van der Waals surface area contributed by atoms with Crippen LogP contribution < -0.4 is 15.8 Å². The molecule has 0 saturated heterocycles. The number of nitrogen functional groups attached to an aromatic ring is 1. The Hall–Kier alpha value is -2.21. The van der Waals surface area contributed by atoms with Gasteiger partial charge in [0.15, 0.2) is 0 Å². The van der Waals surface area contributed by atoms with E-state index >= 15 is 0 Å². The third-order valence-electron chi connectivity index (χ3n) is 3.43. The molecule has 7 heteroatoms. The minimum Gasteiger partial charge on any atom is -0.496 e. The number of rotatable bonds is 4. The van der Waals surface area contributed by atoms with E-state index in [0.717, 1.165) is 11.3 Å². The molecule has 0 aliphatic rings. The number of hydrogen-bond acceptors (Lipinski definition) is 4. The summed E-state index contributed by atoms with van der Waals surface area (Å²) in [6.45, 7) is 3.80. The SMILES string of the molecule is COc1cc(N)c(Cl)cc1C(=O)NC(C)c1cn(C)nc1C. The van der Waals surface area contributed by atoms with Crippen molar-refractivity contribution in [3.8, 4) is 5.75 Å². The third kappa shape index (κ3) is 3.17. The summed E-state index contributed by atoms with van der Waals surface area (Å²) >= 11 is 6.00. The van der Waals surface area contributed by atoms with Crippen LogP contribution in [0, 0.1) is 6.92 Å². The number of carbonyl (C=O) groups is 1. The van der Waals surface area contributed by atoms with Crippen LogP contribution in [0.2, 0.25) is 5.02 Å². The van der Waals surface area contributed by atoms with Crippen LogP contribution in [-0.4, -0.2) is 22.8 Å². The molecular weight excluding hydrogens is 304 g/mol. The number of ether oxygens (including phenoxy) is 1. The molecule has 0 aliphatic carbocycles. The van der Waals surface area contributed by atoms with Crippen molar-refractivity contribution in [2.75, 3.05) is 12.8 Å². The fourth-order valence-corrected chi connectivity index (χ4v) is 2.47. The summed E-state index contributed by atoms with van der Waals surface area (Å²) in [6.07, 6.45) is 1.88. The van der Waals surface area contributed by atoms with Gasteiger partial charge in [-0.15, -0.1) is 0 Å². The number of aromatic nitrogens is 2. The highest BCUT2D eigenvalue weighted by molar-refractivity contribution is 6.33. The van der Waals surface area contributed by atoms with Crippen LogP contribution in [0.5, 0.6) is 5.75 Å². The van der Waals surface area contributed by atoms with Gasteiger partial charge in [-0.2, -0.15) is 5.10 Å². The first-order valence-corrected chi connectivity index (χ1v) is 7.15. The van der Waals surface area contributed by atoms with Crippen LogP contribution in [-0.2, 0) is 7.05 Å². The van der Waals surface area contributed by atoms with E-state index in [0.29, 0.717) is 22.0 Å². The van der Waals surface area contributed by atoms with Crippen LogP contribution in [0.25, 0.3) is 0 Å². The Morgan fingerprint density at radius 1 is 1.50 bits per heavy atom. The number of benzene rings is 1. The van der Waals surface area contributed by atoms with Crippen LogP contribution >= 0.6 is 11.6 Å². The van der Waals surface area contributed by atoms with E-state index in [1.165, 1.54) is 19.2 Å². The number of nitrogens with one attached hydrogen (secondary N) is 1. The van der Waals surface area contributed by atoms with Gasteiger partial charge < -0.3 is 15.8 Å². The van der Waals surface area contributed by atoms with Gasteiger partial charge in [-0.1, -0.05) is 11.6 Å². The number of aryl methyl sites for hydroxylation is 2. The highest BCUT2D eigenvalue weighted by Crippen LogP contribution is 2.29. The minimum absolute atomic E-state index is 0.192. The van der Waals surface area contributed by atoms with Gasteiger partial charge in [-0.05, 0) is 19.9 Å². The lowest BCUT2D eigenvalue weighted by atomic mass is 10.1. The summed E-state index contributed by atoms with van der Waals surface area (Å²) in [6, 6.07) is 2.85. The largest absolute Gasteiger partial charge is 0.496 e. The number of hydrogen-bond donors (Lipinski definition) is 2. The second-order valence-electron chi connectivity index (χ2n) is 5.11. The molecule has 1 unspecified atom stereocenters. The normalized spacial score (nSPS) is 12.0. The van der Waals surface area contributed by atoms with E-state index in [2.05, 4.69) is 10.4 Å². The molecule has 0 fully saturated rings.